The van der Waals surface area contributed by atoms with E-state index in [4.69, 9.17) is 20.4 Å². The van der Waals surface area contributed by atoms with Gasteiger partial charge in [0.2, 0.25) is 12.1 Å². The number of Topliss-reactive ketones (excluding diaryl/α,β-unsaturated/α-hetero) is 1. The highest BCUT2D eigenvalue weighted by atomic mass is 16.6. The van der Waals surface area contributed by atoms with Crippen LogP contribution in [-0.2, 0) is 9.53 Å². The Labute approximate surface area is 68.0 Å². The van der Waals surface area contributed by atoms with Crippen LogP contribution in [-0.4, -0.2) is 57.4 Å². The van der Waals surface area contributed by atoms with Crippen LogP contribution in [0.4, 0.5) is 0 Å². The molecule has 1 saturated heterocycles. The fourth-order valence-electron chi connectivity index (χ4n) is 0.982. The molecule has 0 spiro atoms. The van der Waals surface area contributed by atoms with Crippen LogP contribution in [0.2, 0.25) is 0 Å². The third-order valence-corrected chi connectivity index (χ3v) is 1.72. The van der Waals surface area contributed by atoms with Crippen molar-refractivity contribution in [1.29, 1.82) is 0 Å². The lowest BCUT2D eigenvalue weighted by atomic mass is 10.0. The van der Waals surface area contributed by atoms with Crippen molar-refractivity contribution in [2.75, 3.05) is 6.61 Å². The average molecular weight is 178 g/mol. The standard InChI is InChI=1S/C6H10O6/c7-1-2-3(8)4(9)5(10)6(11)12-2/h2-4,6-9,11H,1H2. The monoisotopic (exact) mass is 178 g/mol. The summed E-state index contributed by atoms with van der Waals surface area (Å²) >= 11 is 0. The molecule has 6 heteroatoms. The Morgan fingerprint density at radius 1 is 1.33 bits per heavy atom. The number of carbonyl (C=O) groups excluding carboxylic acids is 1. The fraction of sp³-hybridized carbons (Fsp3) is 0.833. The highest BCUT2D eigenvalue weighted by molar-refractivity contribution is 5.87. The maximum absolute atomic E-state index is 10.7. The summed E-state index contributed by atoms with van der Waals surface area (Å²) in [6.45, 7) is -0.567. The molecule has 0 saturated carbocycles. The summed E-state index contributed by atoms with van der Waals surface area (Å²) in [6, 6.07) is 0. The maximum atomic E-state index is 10.7. The van der Waals surface area contributed by atoms with Crippen LogP contribution < -0.4 is 0 Å². The Hall–Kier alpha value is -0.530. The van der Waals surface area contributed by atoms with Crippen molar-refractivity contribution in [2.24, 2.45) is 0 Å². The molecule has 0 amide bonds. The number of aliphatic hydroxyl groups is 4. The van der Waals surface area contributed by atoms with Gasteiger partial charge in [0, 0.05) is 0 Å². The van der Waals surface area contributed by atoms with Crippen LogP contribution in [0.15, 0.2) is 0 Å². The number of aliphatic hydroxyl groups excluding tert-OH is 4. The van der Waals surface area contributed by atoms with Gasteiger partial charge in [-0.05, 0) is 0 Å². The molecule has 1 rings (SSSR count). The van der Waals surface area contributed by atoms with Gasteiger partial charge >= 0.3 is 0 Å². The van der Waals surface area contributed by atoms with Crippen LogP contribution in [0.1, 0.15) is 0 Å². The molecular weight excluding hydrogens is 168 g/mol. The third kappa shape index (κ3) is 1.47. The largest absolute Gasteiger partial charge is 0.394 e. The van der Waals surface area contributed by atoms with Gasteiger partial charge in [-0.1, -0.05) is 0 Å². The molecule has 1 fully saturated rings. The van der Waals surface area contributed by atoms with E-state index in [1.807, 2.05) is 0 Å². The molecule has 0 aromatic heterocycles. The Kier molecular flexibility index (Phi) is 2.76. The average Bonchev–Trinajstić information content (AvgIpc) is 2.08. The summed E-state index contributed by atoms with van der Waals surface area (Å²) in [5.41, 5.74) is 0. The lowest BCUT2D eigenvalue weighted by Gasteiger charge is -2.32. The molecule has 12 heavy (non-hydrogen) atoms. The van der Waals surface area contributed by atoms with Crippen molar-refractivity contribution < 1.29 is 30.0 Å². The Morgan fingerprint density at radius 2 is 1.92 bits per heavy atom. The van der Waals surface area contributed by atoms with Crippen molar-refractivity contribution >= 4 is 5.78 Å². The second kappa shape index (κ2) is 3.46. The molecule has 1 heterocycles. The molecule has 0 radical (unpaired) electrons. The molecule has 4 unspecified atom stereocenters. The van der Waals surface area contributed by atoms with E-state index in [-0.39, 0.29) is 0 Å². The summed E-state index contributed by atoms with van der Waals surface area (Å²) < 4.78 is 4.48. The van der Waals surface area contributed by atoms with E-state index in [0.29, 0.717) is 0 Å². The minimum absolute atomic E-state index is 0.567. The quantitative estimate of drug-likeness (QED) is 0.340. The smallest absolute Gasteiger partial charge is 0.219 e. The number of hydrogen-bond acceptors (Lipinski definition) is 6. The molecule has 70 valence electrons. The van der Waals surface area contributed by atoms with E-state index >= 15 is 0 Å². The Morgan fingerprint density at radius 3 is 2.42 bits per heavy atom. The minimum Gasteiger partial charge on any atom is -0.394 e. The predicted molar refractivity (Wildman–Crippen MR) is 35.0 cm³/mol. The van der Waals surface area contributed by atoms with Gasteiger partial charge in [-0.2, -0.15) is 0 Å². The zero-order chi connectivity index (χ0) is 9.30. The molecular formula is C6H10O6. The number of ketones is 1. The SMILES string of the molecule is O=C1C(O)OC(CO)C(O)C1O. The molecule has 0 aromatic carbocycles. The first-order valence-electron chi connectivity index (χ1n) is 3.42. The van der Waals surface area contributed by atoms with E-state index in [1.165, 1.54) is 0 Å². The van der Waals surface area contributed by atoms with E-state index in [9.17, 15) is 4.79 Å². The molecule has 0 bridgehead atoms. The normalized spacial score (nSPS) is 43.2. The molecule has 1 aliphatic heterocycles. The van der Waals surface area contributed by atoms with Gasteiger partial charge in [0.15, 0.2) is 0 Å². The van der Waals surface area contributed by atoms with E-state index in [2.05, 4.69) is 4.74 Å². The van der Waals surface area contributed by atoms with Crippen LogP contribution in [0, 0.1) is 0 Å². The molecule has 6 nitrogen and oxygen atoms in total. The van der Waals surface area contributed by atoms with Gasteiger partial charge in [-0.3, -0.25) is 4.79 Å². The van der Waals surface area contributed by atoms with Crippen molar-refractivity contribution in [3.05, 3.63) is 0 Å². The van der Waals surface area contributed by atoms with Crippen molar-refractivity contribution in [1.82, 2.24) is 0 Å². The van der Waals surface area contributed by atoms with Gasteiger partial charge in [-0.25, -0.2) is 0 Å². The van der Waals surface area contributed by atoms with Gasteiger partial charge in [0.25, 0.3) is 0 Å². The molecule has 4 atom stereocenters. The summed E-state index contributed by atoms with van der Waals surface area (Å²) in [7, 11) is 0. The van der Waals surface area contributed by atoms with E-state index < -0.39 is 37.0 Å². The zero-order valence-corrected chi connectivity index (χ0v) is 6.12. The third-order valence-electron chi connectivity index (χ3n) is 1.72. The summed E-state index contributed by atoms with van der Waals surface area (Å²) in [6.07, 6.45) is -6.05. The second-order valence-corrected chi connectivity index (χ2v) is 2.55. The molecule has 1 aliphatic rings. The number of hydrogen-bond donors (Lipinski definition) is 4. The number of rotatable bonds is 1. The first-order valence-corrected chi connectivity index (χ1v) is 3.42. The van der Waals surface area contributed by atoms with Crippen molar-refractivity contribution in [3.8, 4) is 0 Å². The van der Waals surface area contributed by atoms with E-state index in [0.717, 1.165) is 0 Å². The summed E-state index contributed by atoms with van der Waals surface area (Å²) in [4.78, 5) is 10.7. The minimum atomic E-state index is -1.76. The summed E-state index contributed by atoms with van der Waals surface area (Å²) in [5.74, 6) is -0.993. The summed E-state index contributed by atoms with van der Waals surface area (Å²) in [5, 5.41) is 35.4. The van der Waals surface area contributed by atoms with Gasteiger partial charge in [-0.15, -0.1) is 0 Å². The van der Waals surface area contributed by atoms with Crippen molar-refractivity contribution in [2.45, 2.75) is 24.6 Å². The maximum Gasteiger partial charge on any atom is 0.219 e. The number of carbonyl (C=O) groups is 1. The lowest BCUT2D eigenvalue weighted by Crippen LogP contribution is -2.56. The highest BCUT2D eigenvalue weighted by Gasteiger charge is 2.42. The second-order valence-electron chi connectivity index (χ2n) is 2.55. The van der Waals surface area contributed by atoms with Crippen molar-refractivity contribution in [3.63, 3.8) is 0 Å². The first-order chi connectivity index (χ1) is 5.57. The lowest BCUT2D eigenvalue weighted by molar-refractivity contribution is -0.226. The van der Waals surface area contributed by atoms with Gasteiger partial charge in [0.05, 0.1) is 6.61 Å². The Balaban J connectivity index is 2.70. The number of ether oxygens (including phenoxy) is 1. The topological polar surface area (TPSA) is 107 Å². The van der Waals surface area contributed by atoms with E-state index in [1.54, 1.807) is 0 Å². The highest BCUT2D eigenvalue weighted by Crippen LogP contribution is 2.15. The molecule has 4 N–H and O–H groups in total. The van der Waals surface area contributed by atoms with Crippen LogP contribution in [0.25, 0.3) is 0 Å². The fourth-order valence-corrected chi connectivity index (χ4v) is 0.982. The van der Waals surface area contributed by atoms with Crippen LogP contribution in [0.3, 0.4) is 0 Å². The van der Waals surface area contributed by atoms with Crippen LogP contribution in [0.5, 0.6) is 0 Å². The predicted octanol–water partition coefficient (Wildman–Crippen LogP) is -3.01. The van der Waals surface area contributed by atoms with Crippen LogP contribution >= 0.6 is 0 Å². The van der Waals surface area contributed by atoms with Gasteiger partial charge in [0.1, 0.15) is 18.3 Å². The molecule has 0 aliphatic carbocycles. The zero-order valence-electron chi connectivity index (χ0n) is 6.12. The Bertz CT molecular complexity index is 181. The molecule has 0 aromatic rings. The van der Waals surface area contributed by atoms with Gasteiger partial charge < -0.3 is 25.2 Å². The first kappa shape index (κ1) is 9.56.